The molecule has 1 aromatic heterocycles. The molecule has 5 nitrogen and oxygen atoms in total. The summed E-state index contributed by atoms with van der Waals surface area (Å²) in [5.74, 6) is -0.394. The van der Waals surface area contributed by atoms with Gasteiger partial charge in [-0.2, -0.15) is 0 Å². The number of hydrogen-bond acceptors (Lipinski definition) is 4. The first-order valence-corrected chi connectivity index (χ1v) is 3.38. The first kappa shape index (κ1) is 8.45. The SMILES string of the molecule is CC(=O)c1ncn(C(C)=O)c1N. The molecule has 5 heteroatoms. The molecule has 0 saturated heterocycles. The van der Waals surface area contributed by atoms with E-state index in [1.807, 2.05) is 0 Å². The maximum Gasteiger partial charge on any atom is 0.230 e. The molecule has 64 valence electrons. The van der Waals surface area contributed by atoms with Crippen LogP contribution >= 0.6 is 0 Å². The summed E-state index contributed by atoms with van der Waals surface area (Å²) in [6.45, 7) is 2.70. The van der Waals surface area contributed by atoms with E-state index in [0.29, 0.717) is 0 Å². The molecule has 0 aromatic carbocycles. The Kier molecular flexibility index (Phi) is 1.95. The lowest BCUT2D eigenvalue weighted by Crippen LogP contribution is -2.09. The fourth-order valence-electron chi connectivity index (χ4n) is 0.880. The molecule has 0 bridgehead atoms. The Morgan fingerprint density at radius 2 is 2.08 bits per heavy atom. The second-order valence-corrected chi connectivity index (χ2v) is 2.42. The molecule has 0 aliphatic heterocycles. The van der Waals surface area contributed by atoms with E-state index in [4.69, 9.17) is 5.73 Å². The number of hydrogen-bond donors (Lipinski definition) is 1. The molecule has 0 atom stereocenters. The molecule has 0 aliphatic rings. The Hall–Kier alpha value is -1.65. The molecule has 0 amide bonds. The van der Waals surface area contributed by atoms with Crippen molar-refractivity contribution in [1.82, 2.24) is 9.55 Å². The van der Waals surface area contributed by atoms with Gasteiger partial charge in [0, 0.05) is 13.8 Å². The van der Waals surface area contributed by atoms with E-state index in [1.165, 1.54) is 20.2 Å². The Bertz CT molecular complexity index is 309. The second kappa shape index (κ2) is 2.77. The van der Waals surface area contributed by atoms with E-state index in [9.17, 15) is 9.59 Å². The van der Waals surface area contributed by atoms with Crippen LogP contribution in [0.4, 0.5) is 5.82 Å². The minimum atomic E-state index is -0.257. The number of nitrogens with two attached hydrogens (primary N) is 1. The van der Waals surface area contributed by atoms with Gasteiger partial charge in [-0.05, 0) is 0 Å². The molecule has 0 saturated carbocycles. The lowest BCUT2D eigenvalue weighted by atomic mass is 10.3. The van der Waals surface area contributed by atoms with Crippen LogP contribution in [0, 0.1) is 0 Å². The van der Waals surface area contributed by atoms with Crippen molar-refractivity contribution in [3.8, 4) is 0 Å². The van der Waals surface area contributed by atoms with E-state index < -0.39 is 0 Å². The number of carbonyl (C=O) groups is 2. The van der Waals surface area contributed by atoms with Crippen molar-refractivity contribution in [2.75, 3.05) is 5.73 Å². The van der Waals surface area contributed by atoms with Crippen LogP contribution in [-0.2, 0) is 0 Å². The number of ketones is 1. The average Bonchev–Trinajstić information content (AvgIpc) is 2.30. The van der Waals surface area contributed by atoms with E-state index in [1.54, 1.807) is 0 Å². The molecule has 0 radical (unpaired) electrons. The molecule has 2 N–H and O–H groups in total. The maximum absolute atomic E-state index is 10.8. The Balaban J connectivity index is 3.22. The third-order valence-electron chi connectivity index (χ3n) is 1.48. The monoisotopic (exact) mass is 167 g/mol. The third kappa shape index (κ3) is 1.20. The van der Waals surface area contributed by atoms with Crippen LogP contribution in [0.3, 0.4) is 0 Å². The van der Waals surface area contributed by atoms with E-state index in [-0.39, 0.29) is 23.2 Å². The topological polar surface area (TPSA) is 78.0 Å². The van der Waals surface area contributed by atoms with Crippen LogP contribution < -0.4 is 5.73 Å². The van der Waals surface area contributed by atoms with Crippen molar-refractivity contribution in [2.24, 2.45) is 0 Å². The van der Waals surface area contributed by atoms with Crippen molar-refractivity contribution in [1.29, 1.82) is 0 Å². The number of nitrogen functional groups attached to an aromatic ring is 1. The summed E-state index contributed by atoms with van der Waals surface area (Å²) in [7, 11) is 0. The van der Waals surface area contributed by atoms with Crippen molar-refractivity contribution < 1.29 is 9.59 Å². The molecule has 12 heavy (non-hydrogen) atoms. The van der Waals surface area contributed by atoms with Crippen LogP contribution in [0.1, 0.15) is 29.1 Å². The van der Waals surface area contributed by atoms with Gasteiger partial charge in [-0.3, -0.25) is 14.2 Å². The standard InChI is InChI=1S/C7H9N3O2/c1-4(11)6-7(8)10(3-9-6)5(2)12/h3H,8H2,1-2H3. The normalized spacial score (nSPS) is 9.83. The molecule has 0 aliphatic carbocycles. The highest BCUT2D eigenvalue weighted by atomic mass is 16.2. The molecule has 1 heterocycles. The number of nitrogens with zero attached hydrogens (tertiary/aromatic N) is 2. The van der Waals surface area contributed by atoms with Crippen LogP contribution in [0.5, 0.6) is 0 Å². The molecular weight excluding hydrogens is 158 g/mol. The van der Waals surface area contributed by atoms with Crippen LogP contribution in [0.2, 0.25) is 0 Å². The predicted octanol–water partition coefficient (Wildman–Crippen LogP) is 0.328. The van der Waals surface area contributed by atoms with Crippen LogP contribution in [0.15, 0.2) is 6.33 Å². The quantitative estimate of drug-likeness (QED) is 0.611. The highest BCUT2D eigenvalue weighted by Gasteiger charge is 2.12. The summed E-state index contributed by atoms with van der Waals surface area (Å²) >= 11 is 0. The van der Waals surface area contributed by atoms with Gasteiger partial charge in [0.2, 0.25) is 5.91 Å². The van der Waals surface area contributed by atoms with Gasteiger partial charge in [0.15, 0.2) is 5.78 Å². The predicted molar refractivity (Wildman–Crippen MR) is 42.9 cm³/mol. The van der Waals surface area contributed by atoms with Crippen molar-refractivity contribution >= 4 is 17.5 Å². The highest BCUT2D eigenvalue weighted by molar-refractivity contribution is 5.98. The summed E-state index contributed by atoms with van der Waals surface area (Å²) in [6, 6.07) is 0. The van der Waals surface area contributed by atoms with Crippen LogP contribution in [0.25, 0.3) is 0 Å². The molecule has 0 unspecified atom stereocenters. The molecule has 0 fully saturated rings. The van der Waals surface area contributed by atoms with Gasteiger partial charge in [-0.1, -0.05) is 0 Å². The minimum Gasteiger partial charge on any atom is -0.383 e. The zero-order valence-corrected chi connectivity index (χ0v) is 6.87. The zero-order valence-electron chi connectivity index (χ0n) is 6.87. The average molecular weight is 167 g/mol. The fraction of sp³-hybridized carbons (Fsp3) is 0.286. The summed E-state index contributed by atoms with van der Waals surface area (Å²) in [5.41, 5.74) is 5.61. The van der Waals surface area contributed by atoms with Crippen molar-refractivity contribution in [2.45, 2.75) is 13.8 Å². The van der Waals surface area contributed by atoms with Crippen molar-refractivity contribution in [3.05, 3.63) is 12.0 Å². The summed E-state index contributed by atoms with van der Waals surface area (Å²) in [4.78, 5) is 25.4. The lowest BCUT2D eigenvalue weighted by Gasteiger charge is -1.97. The van der Waals surface area contributed by atoms with Gasteiger partial charge in [0.25, 0.3) is 0 Å². The number of carbonyl (C=O) groups excluding carboxylic acids is 2. The number of rotatable bonds is 1. The smallest absolute Gasteiger partial charge is 0.230 e. The first-order valence-electron chi connectivity index (χ1n) is 3.38. The summed E-state index contributed by atoms with van der Waals surface area (Å²) < 4.78 is 1.14. The Labute approximate surface area is 69.2 Å². The number of anilines is 1. The van der Waals surface area contributed by atoms with E-state index in [0.717, 1.165) is 4.57 Å². The van der Waals surface area contributed by atoms with Crippen LogP contribution in [-0.4, -0.2) is 21.2 Å². The largest absolute Gasteiger partial charge is 0.383 e. The molecule has 1 rings (SSSR count). The molecule has 0 spiro atoms. The Morgan fingerprint density at radius 1 is 1.50 bits per heavy atom. The first-order chi connectivity index (χ1) is 5.54. The number of aromatic nitrogens is 2. The fourth-order valence-corrected chi connectivity index (χ4v) is 0.880. The van der Waals surface area contributed by atoms with Crippen molar-refractivity contribution in [3.63, 3.8) is 0 Å². The molecular formula is C7H9N3O2. The highest BCUT2D eigenvalue weighted by Crippen LogP contribution is 2.09. The van der Waals surface area contributed by atoms with Gasteiger partial charge in [-0.15, -0.1) is 0 Å². The lowest BCUT2D eigenvalue weighted by molar-refractivity contribution is 0.0939. The minimum absolute atomic E-state index is 0.106. The van der Waals surface area contributed by atoms with Gasteiger partial charge < -0.3 is 5.73 Å². The maximum atomic E-state index is 10.8. The van der Waals surface area contributed by atoms with Gasteiger partial charge in [-0.25, -0.2) is 4.98 Å². The second-order valence-electron chi connectivity index (χ2n) is 2.42. The summed E-state index contributed by atoms with van der Waals surface area (Å²) in [6.07, 6.45) is 1.24. The van der Waals surface area contributed by atoms with Gasteiger partial charge in [0.1, 0.15) is 17.8 Å². The Morgan fingerprint density at radius 3 is 2.33 bits per heavy atom. The zero-order chi connectivity index (χ0) is 9.30. The van der Waals surface area contributed by atoms with E-state index >= 15 is 0 Å². The van der Waals surface area contributed by atoms with Gasteiger partial charge in [0.05, 0.1) is 0 Å². The summed E-state index contributed by atoms with van der Waals surface area (Å²) in [5, 5.41) is 0. The number of imidazole rings is 1. The van der Waals surface area contributed by atoms with E-state index in [2.05, 4.69) is 4.98 Å². The molecule has 1 aromatic rings. The number of Topliss-reactive ketones (excluding diaryl/α,β-unsaturated/α-hetero) is 1. The van der Waals surface area contributed by atoms with Gasteiger partial charge >= 0.3 is 0 Å². The third-order valence-corrected chi connectivity index (χ3v) is 1.48.